The minimum absolute atomic E-state index is 0.0393. The predicted molar refractivity (Wildman–Crippen MR) is 129 cm³/mol. The monoisotopic (exact) mass is 486 g/mol. The SMILES string of the molecule is COc1ccc(OC)c(-c2cc(C(=O)N(CCC(=O)N3CCN(C)CC3)C[C@H]3CCCO3)no2)c1. The first-order valence-corrected chi connectivity index (χ1v) is 12.0. The van der Waals surface area contributed by atoms with Crippen LogP contribution in [0.1, 0.15) is 29.8 Å². The van der Waals surface area contributed by atoms with Gasteiger partial charge >= 0.3 is 0 Å². The Bertz CT molecular complexity index is 1010. The molecule has 1 aromatic heterocycles. The van der Waals surface area contributed by atoms with Crippen molar-refractivity contribution in [3.05, 3.63) is 30.0 Å². The summed E-state index contributed by atoms with van der Waals surface area (Å²) in [4.78, 5) is 32.0. The molecule has 0 radical (unpaired) electrons. The number of benzene rings is 1. The molecule has 10 nitrogen and oxygen atoms in total. The Hall–Kier alpha value is -3.11. The van der Waals surface area contributed by atoms with E-state index in [4.69, 9.17) is 18.7 Å². The Morgan fingerprint density at radius 1 is 1.14 bits per heavy atom. The van der Waals surface area contributed by atoms with Crippen LogP contribution in [0.3, 0.4) is 0 Å². The Morgan fingerprint density at radius 3 is 2.63 bits per heavy atom. The summed E-state index contributed by atoms with van der Waals surface area (Å²) >= 11 is 0. The number of ether oxygens (including phenoxy) is 3. The summed E-state index contributed by atoms with van der Waals surface area (Å²) in [7, 11) is 5.19. The molecule has 3 heterocycles. The summed E-state index contributed by atoms with van der Waals surface area (Å²) in [6.07, 6.45) is 2.08. The molecule has 2 aromatic rings. The quantitative estimate of drug-likeness (QED) is 0.532. The number of likely N-dealkylation sites (N-methyl/N-ethyl adjacent to an activating group) is 1. The van der Waals surface area contributed by atoms with Crippen LogP contribution in [-0.4, -0.2) is 105 Å². The van der Waals surface area contributed by atoms with Gasteiger partial charge in [0.05, 0.1) is 25.9 Å². The molecule has 0 N–H and O–H groups in total. The van der Waals surface area contributed by atoms with E-state index in [0.29, 0.717) is 55.6 Å². The van der Waals surface area contributed by atoms with Crippen molar-refractivity contribution in [2.75, 3.05) is 67.1 Å². The highest BCUT2D eigenvalue weighted by molar-refractivity contribution is 5.93. The van der Waals surface area contributed by atoms with Crippen LogP contribution < -0.4 is 9.47 Å². The van der Waals surface area contributed by atoms with Crippen LogP contribution in [0.5, 0.6) is 11.5 Å². The van der Waals surface area contributed by atoms with Crippen molar-refractivity contribution in [2.45, 2.75) is 25.4 Å². The number of carbonyl (C=O) groups excluding carboxylic acids is 2. The lowest BCUT2D eigenvalue weighted by Gasteiger charge is -2.33. The Balaban J connectivity index is 1.48. The van der Waals surface area contributed by atoms with Crippen molar-refractivity contribution < 1.29 is 28.3 Å². The first kappa shape index (κ1) is 25.0. The largest absolute Gasteiger partial charge is 0.497 e. The van der Waals surface area contributed by atoms with E-state index in [-0.39, 0.29) is 30.0 Å². The molecular formula is C25H34N4O6. The van der Waals surface area contributed by atoms with Gasteiger partial charge in [-0.25, -0.2) is 0 Å². The summed E-state index contributed by atoms with van der Waals surface area (Å²) in [5.41, 5.74) is 0.809. The van der Waals surface area contributed by atoms with Gasteiger partial charge < -0.3 is 33.4 Å². The number of carbonyl (C=O) groups is 2. The molecule has 2 amide bonds. The van der Waals surface area contributed by atoms with E-state index in [9.17, 15) is 9.59 Å². The second kappa shape index (κ2) is 11.5. The number of aromatic nitrogens is 1. The lowest BCUT2D eigenvalue weighted by molar-refractivity contribution is -0.133. The average molecular weight is 487 g/mol. The van der Waals surface area contributed by atoms with Crippen LogP contribution in [0.25, 0.3) is 11.3 Å². The first-order chi connectivity index (χ1) is 17.0. The summed E-state index contributed by atoms with van der Waals surface area (Å²) < 4.78 is 22.0. The second-order valence-corrected chi connectivity index (χ2v) is 8.96. The van der Waals surface area contributed by atoms with Crippen molar-refractivity contribution >= 4 is 11.8 Å². The zero-order chi connectivity index (χ0) is 24.8. The molecule has 0 unspecified atom stereocenters. The molecule has 1 atom stereocenters. The Morgan fingerprint density at radius 2 is 1.94 bits per heavy atom. The molecule has 0 bridgehead atoms. The van der Waals surface area contributed by atoms with E-state index in [1.165, 1.54) is 0 Å². The van der Waals surface area contributed by atoms with Crippen LogP contribution in [0.4, 0.5) is 0 Å². The van der Waals surface area contributed by atoms with Gasteiger partial charge in [-0.2, -0.15) is 0 Å². The summed E-state index contributed by atoms with van der Waals surface area (Å²) in [6.45, 7) is 4.55. The normalized spacial score (nSPS) is 18.5. The molecule has 2 aliphatic rings. The van der Waals surface area contributed by atoms with Gasteiger partial charge in [-0.15, -0.1) is 0 Å². The van der Waals surface area contributed by atoms with E-state index >= 15 is 0 Å². The summed E-state index contributed by atoms with van der Waals surface area (Å²) in [6, 6.07) is 6.92. The van der Waals surface area contributed by atoms with Gasteiger partial charge in [0.1, 0.15) is 11.5 Å². The molecule has 2 saturated heterocycles. The van der Waals surface area contributed by atoms with Crippen LogP contribution in [0.2, 0.25) is 0 Å². The average Bonchev–Trinajstić information content (AvgIpc) is 3.58. The maximum Gasteiger partial charge on any atom is 0.276 e. The summed E-state index contributed by atoms with van der Waals surface area (Å²) in [5.74, 6) is 1.38. The molecule has 1 aromatic carbocycles. The van der Waals surface area contributed by atoms with Crippen molar-refractivity contribution in [3.8, 4) is 22.8 Å². The molecule has 190 valence electrons. The van der Waals surface area contributed by atoms with Gasteiger partial charge in [-0.1, -0.05) is 5.16 Å². The fraction of sp³-hybridized carbons (Fsp3) is 0.560. The zero-order valence-electron chi connectivity index (χ0n) is 20.7. The fourth-order valence-corrected chi connectivity index (χ4v) is 4.43. The molecule has 0 aliphatic carbocycles. The van der Waals surface area contributed by atoms with Crippen LogP contribution >= 0.6 is 0 Å². The van der Waals surface area contributed by atoms with E-state index in [1.54, 1.807) is 43.4 Å². The van der Waals surface area contributed by atoms with Crippen molar-refractivity contribution in [2.24, 2.45) is 0 Å². The van der Waals surface area contributed by atoms with E-state index in [1.807, 2.05) is 4.90 Å². The van der Waals surface area contributed by atoms with Gasteiger partial charge in [-0.3, -0.25) is 9.59 Å². The van der Waals surface area contributed by atoms with Crippen molar-refractivity contribution in [3.63, 3.8) is 0 Å². The molecule has 0 spiro atoms. The zero-order valence-corrected chi connectivity index (χ0v) is 20.7. The Labute approximate surface area is 205 Å². The molecule has 2 fully saturated rings. The number of methoxy groups -OCH3 is 2. The van der Waals surface area contributed by atoms with E-state index < -0.39 is 0 Å². The number of nitrogens with zero attached hydrogens (tertiary/aromatic N) is 4. The lowest BCUT2D eigenvalue weighted by atomic mass is 10.1. The highest BCUT2D eigenvalue weighted by atomic mass is 16.5. The molecule has 0 saturated carbocycles. The van der Waals surface area contributed by atoms with Crippen LogP contribution in [0, 0.1) is 0 Å². The van der Waals surface area contributed by atoms with Gasteiger partial charge in [0.15, 0.2) is 11.5 Å². The fourth-order valence-electron chi connectivity index (χ4n) is 4.43. The van der Waals surface area contributed by atoms with Gasteiger partial charge in [0, 0.05) is 58.4 Å². The number of hydrogen-bond acceptors (Lipinski definition) is 8. The van der Waals surface area contributed by atoms with E-state index in [2.05, 4.69) is 17.1 Å². The third-order valence-corrected chi connectivity index (χ3v) is 6.59. The topological polar surface area (TPSA) is 97.6 Å². The predicted octanol–water partition coefficient (Wildman–Crippen LogP) is 2.14. The highest BCUT2D eigenvalue weighted by Crippen LogP contribution is 2.34. The van der Waals surface area contributed by atoms with Crippen molar-refractivity contribution in [1.82, 2.24) is 19.9 Å². The third-order valence-electron chi connectivity index (χ3n) is 6.59. The maximum absolute atomic E-state index is 13.4. The van der Waals surface area contributed by atoms with Gasteiger partial charge in [-0.05, 0) is 38.1 Å². The van der Waals surface area contributed by atoms with Gasteiger partial charge in [0.25, 0.3) is 5.91 Å². The van der Waals surface area contributed by atoms with Crippen LogP contribution in [0.15, 0.2) is 28.8 Å². The number of amides is 2. The molecule has 4 rings (SSSR count). The van der Waals surface area contributed by atoms with Crippen LogP contribution in [-0.2, 0) is 9.53 Å². The molecule has 10 heteroatoms. The number of piperazine rings is 1. The lowest BCUT2D eigenvalue weighted by Crippen LogP contribution is -2.48. The van der Waals surface area contributed by atoms with Crippen molar-refractivity contribution in [1.29, 1.82) is 0 Å². The molecule has 2 aliphatic heterocycles. The van der Waals surface area contributed by atoms with E-state index in [0.717, 1.165) is 25.9 Å². The Kier molecular flexibility index (Phi) is 8.25. The van der Waals surface area contributed by atoms with Gasteiger partial charge in [0.2, 0.25) is 5.91 Å². The second-order valence-electron chi connectivity index (χ2n) is 8.96. The minimum Gasteiger partial charge on any atom is -0.497 e. The summed E-state index contributed by atoms with van der Waals surface area (Å²) in [5, 5.41) is 4.04. The number of hydrogen-bond donors (Lipinski definition) is 0. The highest BCUT2D eigenvalue weighted by Gasteiger charge is 2.28. The standard InChI is InChI=1S/C25H34N4O6/c1-27-10-12-28(13-11-27)24(30)8-9-29(17-19-5-4-14-34-19)25(31)21-16-23(35-26-21)20-15-18(32-2)6-7-22(20)33-3/h6-7,15-16,19H,4-5,8-14,17H2,1-3H3/t19-/m1/s1. The minimum atomic E-state index is -0.288. The molecular weight excluding hydrogens is 452 g/mol. The number of rotatable bonds is 9. The molecule has 35 heavy (non-hydrogen) atoms. The first-order valence-electron chi connectivity index (χ1n) is 12.0. The maximum atomic E-state index is 13.4. The smallest absolute Gasteiger partial charge is 0.276 e. The third kappa shape index (κ3) is 6.12.